The first-order valence-corrected chi connectivity index (χ1v) is 8.54. The summed E-state index contributed by atoms with van der Waals surface area (Å²) >= 11 is 5.00. The second kappa shape index (κ2) is 6.15. The lowest BCUT2D eigenvalue weighted by molar-refractivity contribution is 0.262. The zero-order valence-electron chi connectivity index (χ0n) is 11.6. The van der Waals surface area contributed by atoms with E-state index in [2.05, 4.69) is 38.5 Å². The van der Waals surface area contributed by atoms with Crippen LogP contribution in [0.15, 0.2) is 28.7 Å². The molecule has 1 aromatic carbocycles. The highest BCUT2D eigenvalue weighted by atomic mass is 79.9. The number of carbonyl (C=O) groups is 1. The van der Waals surface area contributed by atoms with Gasteiger partial charge >= 0.3 is 6.03 Å². The Hall–Kier alpha value is -1.40. The number of thiazole rings is 1. The third-order valence-corrected chi connectivity index (χ3v) is 5.26. The first-order chi connectivity index (χ1) is 10.1. The van der Waals surface area contributed by atoms with Crippen LogP contribution < -0.4 is 10.6 Å². The Bertz CT molecular complexity index is 671. The molecule has 3 rings (SSSR count). The molecule has 2 N–H and O–H groups in total. The zero-order chi connectivity index (χ0) is 14.8. The lowest BCUT2D eigenvalue weighted by atomic mass is 9.93. The van der Waals surface area contributed by atoms with Crippen molar-refractivity contribution in [3.63, 3.8) is 0 Å². The molecule has 1 aliphatic carbocycles. The molecule has 21 heavy (non-hydrogen) atoms. The predicted octanol–water partition coefficient (Wildman–Crippen LogP) is 4.67. The van der Waals surface area contributed by atoms with Crippen LogP contribution in [-0.2, 0) is 12.8 Å². The molecular formula is C15H16BrN3OS. The summed E-state index contributed by atoms with van der Waals surface area (Å²) in [5, 5.41) is 6.32. The minimum absolute atomic E-state index is 0.263. The number of nitrogens with one attached hydrogen (secondary N) is 2. The summed E-state index contributed by atoms with van der Waals surface area (Å²) in [6.45, 7) is 2.26. The molecule has 0 saturated carbocycles. The molecule has 0 bridgehead atoms. The number of urea groups is 1. The van der Waals surface area contributed by atoms with Crippen molar-refractivity contribution in [3.05, 3.63) is 39.3 Å². The van der Waals surface area contributed by atoms with Crippen LogP contribution in [0, 0.1) is 5.92 Å². The van der Waals surface area contributed by atoms with E-state index >= 15 is 0 Å². The molecule has 1 atom stereocenters. The van der Waals surface area contributed by atoms with Crippen molar-refractivity contribution in [1.29, 1.82) is 0 Å². The third-order valence-electron chi connectivity index (χ3n) is 3.53. The molecule has 0 radical (unpaired) electrons. The van der Waals surface area contributed by atoms with Crippen molar-refractivity contribution in [3.8, 4) is 0 Å². The number of benzene rings is 1. The van der Waals surface area contributed by atoms with Gasteiger partial charge in [0.15, 0.2) is 5.13 Å². The number of aromatic nitrogens is 1. The van der Waals surface area contributed by atoms with Gasteiger partial charge in [0.2, 0.25) is 0 Å². The number of halogens is 1. The highest BCUT2D eigenvalue weighted by Gasteiger charge is 2.20. The molecule has 1 unspecified atom stereocenters. The molecule has 4 nitrogen and oxygen atoms in total. The average molecular weight is 366 g/mol. The SMILES string of the molecule is CC1CCc2nc(NC(=O)Nc3ccccc3Br)sc2C1. The molecule has 1 aliphatic rings. The summed E-state index contributed by atoms with van der Waals surface area (Å²) in [7, 11) is 0. The molecule has 110 valence electrons. The Morgan fingerprint density at radius 1 is 1.38 bits per heavy atom. The maximum Gasteiger partial charge on any atom is 0.325 e. The van der Waals surface area contributed by atoms with E-state index < -0.39 is 0 Å². The van der Waals surface area contributed by atoms with Gasteiger partial charge in [-0.25, -0.2) is 9.78 Å². The number of nitrogens with zero attached hydrogens (tertiary/aromatic N) is 1. The topological polar surface area (TPSA) is 54.0 Å². The van der Waals surface area contributed by atoms with Crippen molar-refractivity contribution in [2.45, 2.75) is 26.2 Å². The van der Waals surface area contributed by atoms with E-state index in [9.17, 15) is 4.79 Å². The van der Waals surface area contributed by atoms with E-state index in [1.165, 1.54) is 11.3 Å². The zero-order valence-corrected chi connectivity index (χ0v) is 14.1. The highest BCUT2D eigenvalue weighted by molar-refractivity contribution is 9.10. The fourth-order valence-corrected chi connectivity index (χ4v) is 3.96. The monoisotopic (exact) mass is 365 g/mol. The van der Waals surface area contributed by atoms with E-state index in [4.69, 9.17) is 0 Å². The van der Waals surface area contributed by atoms with Crippen LogP contribution in [0.5, 0.6) is 0 Å². The number of rotatable bonds is 2. The number of para-hydroxylation sites is 1. The van der Waals surface area contributed by atoms with Gasteiger partial charge in [-0.1, -0.05) is 19.1 Å². The van der Waals surface area contributed by atoms with Gasteiger partial charge in [-0.15, -0.1) is 11.3 Å². The van der Waals surface area contributed by atoms with E-state index in [-0.39, 0.29) is 6.03 Å². The number of carbonyl (C=O) groups excluding carboxylic acids is 1. The van der Waals surface area contributed by atoms with Crippen LogP contribution in [0.25, 0.3) is 0 Å². The van der Waals surface area contributed by atoms with Gasteiger partial charge in [0.25, 0.3) is 0 Å². The van der Waals surface area contributed by atoms with E-state index in [1.807, 2.05) is 24.3 Å². The molecule has 1 aromatic heterocycles. The Labute approximate surface area is 136 Å². The minimum Gasteiger partial charge on any atom is -0.307 e. The number of fused-ring (bicyclic) bond motifs is 1. The fraction of sp³-hybridized carbons (Fsp3) is 0.333. The maximum absolute atomic E-state index is 12.0. The minimum atomic E-state index is -0.263. The van der Waals surface area contributed by atoms with Crippen LogP contribution in [0.3, 0.4) is 0 Å². The van der Waals surface area contributed by atoms with Crippen LogP contribution in [-0.4, -0.2) is 11.0 Å². The van der Waals surface area contributed by atoms with Gasteiger partial charge < -0.3 is 5.32 Å². The van der Waals surface area contributed by atoms with Gasteiger partial charge in [0.05, 0.1) is 11.4 Å². The highest BCUT2D eigenvalue weighted by Crippen LogP contribution is 2.32. The summed E-state index contributed by atoms with van der Waals surface area (Å²) in [4.78, 5) is 17.9. The predicted molar refractivity (Wildman–Crippen MR) is 90.1 cm³/mol. The molecule has 0 spiro atoms. The Balaban J connectivity index is 1.67. The normalized spacial score (nSPS) is 17.1. The van der Waals surface area contributed by atoms with Crippen LogP contribution in [0.1, 0.15) is 23.9 Å². The molecule has 2 amide bonds. The van der Waals surface area contributed by atoms with E-state index in [1.54, 1.807) is 11.3 Å². The standard InChI is InChI=1S/C15H16BrN3OS/c1-9-6-7-12-13(8-9)21-15(18-12)19-14(20)17-11-5-3-2-4-10(11)16/h2-5,9H,6-8H2,1H3,(H2,17,18,19,20). The van der Waals surface area contributed by atoms with Crippen molar-refractivity contribution in [2.75, 3.05) is 10.6 Å². The Kier molecular flexibility index (Phi) is 4.26. The van der Waals surface area contributed by atoms with E-state index in [0.717, 1.165) is 28.7 Å². The molecule has 0 saturated heterocycles. The molecular weight excluding hydrogens is 350 g/mol. The number of hydrogen-bond donors (Lipinski definition) is 2. The lowest BCUT2D eigenvalue weighted by Gasteiger charge is -2.15. The van der Waals surface area contributed by atoms with Gasteiger partial charge in [-0.3, -0.25) is 5.32 Å². The van der Waals surface area contributed by atoms with Gasteiger partial charge in [0, 0.05) is 9.35 Å². The second-order valence-electron chi connectivity index (χ2n) is 5.30. The average Bonchev–Trinajstić information content (AvgIpc) is 2.82. The van der Waals surface area contributed by atoms with Crippen molar-refractivity contribution in [1.82, 2.24) is 4.98 Å². The number of amides is 2. The first kappa shape index (κ1) is 14.5. The molecule has 1 heterocycles. The van der Waals surface area contributed by atoms with E-state index in [0.29, 0.717) is 11.0 Å². The van der Waals surface area contributed by atoms with Crippen molar-refractivity contribution in [2.24, 2.45) is 5.92 Å². The van der Waals surface area contributed by atoms with Gasteiger partial charge in [0.1, 0.15) is 0 Å². The van der Waals surface area contributed by atoms with Crippen LogP contribution in [0.4, 0.5) is 15.6 Å². The smallest absolute Gasteiger partial charge is 0.307 e. The fourth-order valence-electron chi connectivity index (χ4n) is 2.41. The van der Waals surface area contributed by atoms with Crippen molar-refractivity contribution >= 4 is 44.1 Å². The number of hydrogen-bond acceptors (Lipinski definition) is 3. The lowest BCUT2D eigenvalue weighted by Crippen LogP contribution is -2.19. The third kappa shape index (κ3) is 3.44. The first-order valence-electron chi connectivity index (χ1n) is 6.93. The van der Waals surface area contributed by atoms with Crippen molar-refractivity contribution < 1.29 is 4.79 Å². The van der Waals surface area contributed by atoms with Gasteiger partial charge in [-0.05, 0) is 53.2 Å². The molecule has 0 fully saturated rings. The Morgan fingerprint density at radius 2 is 2.19 bits per heavy atom. The second-order valence-corrected chi connectivity index (χ2v) is 7.23. The molecule has 0 aliphatic heterocycles. The molecule has 6 heteroatoms. The summed E-state index contributed by atoms with van der Waals surface area (Å²) in [6, 6.07) is 7.26. The quantitative estimate of drug-likeness (QED) is 0.811. The number of anilines is 2. The maximum atomic E-state index is 12.0. The summed E-state index contributed by atoms with van der Waals surface area (Å²) in [5.41, 5.74) is 1.89. The van der Waals surface area contributed by atoms with Gasteiger partial charge in [-0.2, -0.15) is 0 Å². The summed E-state index contributed by atoms with van der Waals surface area (Å²) in [5.74, 6) is 0.708. The molecule has 2 aromatic rings. The number of aryl methyl sites for hydroxylation is 1. The Morgan fingerprint density at radius 3 is 3.00 bits per heavy atom. The summed E-state index contributed by atoms with van der Waals surface area (Å²) < 4.78 is 0.854. The van der Waals surface area contributed by atoms with Crippen LogP contribution >= 0.6 is 27.3 Å². The van der Waals surface area contributed by atoms with Crippen LogP contribution in [0.2, 0.25) is 0 Å². The largest absolute Gasteiger partial charge is 0.325 e. The summed E-state index contributed by atoms with van der Waals surface area (Å²) in [6.07, 6.45) is 3.26.